The third-order valence-electron chi connectivity index (χ3n) is 2.85. The van der Waals surface area contributed by atoms with Gasteiger partial charge in [-0.25, -0.2) is 0 Å². The summed E-state index contributed by atoms with van der Waals surface area (Å²) < 4.78 is 0. The molecule has 0 bridgehead atoms. The summed E-state index contributed by atoms with van der Waals surface area (Å²) in [7, 11) is 0. The summed E-state index contributed by atoms with van der Waals surface area (Å²) in [5.74, 6) is 0.753. The first-order valence-corrected chi connectivity index (χ1v) is 6.39. The summed E-state index contributed by atoms with van der Waals surface area (Å²) in [6.45, 7) is 5.47. The number of hydrogen-bond acceptors (Lipinski definition) is 2. The fourth-order valence-corrected chi connectivity index (χ4v) is 1.87. The van der Waals surface area contributed by atoms with E-state index in [0.29, 0.717) is 6.42 Å². The third kappa shape index (κ3) is 5.51. The Balaban J connectivity index is 2.42. The Morgan fingerprint density at radius 3 is 2.53 bits per heavy atom. The molecule has 1 aromatic rings. The Morgan fingerprint density at radius 2 is 1.94 bits per heavy atom. The summed E-state index contributed by atoms with van der Waals surface area (Å²) >= 11 is 0. The van der Waals surface area contributed by atoms with Crippen LogP contribution in [-0.4, -0.2) is 6.54 Å². The Hall–Kier alpha value is -1.33. The monoisotopic (exact) mass is 230 g/mol. The average Bonchev–Trinajstić information content (AvgIpc) is 2.34. The van der Waals surface area contributed by atoms with E-state index in [2.05, 4.69) is 37.4 Å². The second-order valence-corrected chi connectivity index (χ2v) is 4.82. The van der Waals surface area contributed by atoms with Crippen LogP contribution in [0.25, 0.3) is 0 Å². The Bertz CT molecular complexity index is 338. The zero-order chi connectivity index (χ0) is 12.5. The molecule has 0 saturated heterocycles. The van der Waals surface area contributed by atoms with Gasteiger partial charge in [-0.15, -0.1) is 0 Å². The van der Waals surface area contributed by atoms with Crippen LogP contribution in [0.2, 0.25) is 0 Å². The smallest absolute Gasteiger partial charge is 0.0641 e. The van der Waals surface area contributed by atoms with Gasteiger partial charge in [-0.2, -0.15) is 5.26 Å². The summed E-state index contributed by atoms with van der Waals surface area (Å²) in [6, 6.07) is 12.6. The van der Waals surface area contributed by atoms with Crippen molar-refractivity contribution in [2.45, 2.75) is 39.2 Å². The van der Waals surface area contributed by atoms with Crippen molar-refractivity contribution in [3.63, 3.8) is 0 Å². The molecule has 0 heterocycles. The number of benzene rings is 1. The number of rotatable bonds is 7. The van der Waals surface area contributed by atoms with Crippen LogP contribution in [0.4, 0.5) is 0 Å². The van der Waals surface area contributed by atoms with Crippen LogP contribution >= 0.6 is 0 Å². The van der Waals surface area contributed by atoms with E-state index in [-0.39, 0.29) is 6.04 Å². The lowest BCUT2D eigenvalue weighted by atomic mass is 10.0. The van der Waals surface area contributed by atoms with Gasteiger partial charge in [0.05, 0.1) is 12.5 Å². The van der Waals surface area contributed by atoms with Crippen LogP contribution in [0, 0.1) is 17.2 Å². The highest BCUT2D eigenvalue weighted by Crippen LogP contribution is 2.16. The largest absolute Gasteiger partial charge is 0.309 e. The van der Waals surface area contributed by atoms with Gasteiger partial charge >= 0.3 is 0 Å². The van der Waals surface area contributed by atoms with Crippen molar-refractivity contribution in [1.82, 2.24) is 5.32 Å². The van der Waals surface area contributed by atoms with Crippen LogP contribution in [0.15, 0.2) is 30.3 Å². The van der Waals surface area contributed by atoms with Gasteiger partial charge in [0.1, 0.15) is 0 Å². The van der Waals surface area contributed by atoms with Gasteiger partial charge in [-0.1, -0.05) is 44.2 Å². The maximum Gasteiger partial charge on any atom is 0.0641 e. The van der Waals surface area contributed by atoms with E-state index in [4.69, 9.17) is 5.26 Å². The Labute approximate surface area is 105 Å². The molecule has 1 atom stereocenters. The van der Waals surface area contributed by atoms with Crippen molar-refractivity contribution >= 4 is 0 Å². The molecule has 0 aliphatic heterocycles. The van der Waals surface area contributed by atoms with Crippen molar-refractivity contribution in [3.8, 4) is 6.07 Å². The molecular formula is C15H22N2. The predicted molar refractivity (Wildman–Crippen MR) is 71.5 cm³/mol. The molecule has 0 aromatic heterocycles. The second-order valence-electron chi connectivity index (χ2n) is 4.82. The lowest BCUT2D eigenvalue weighted by molar-refractivity contribution is 0.485. The van der Waals surface area contributed by atoms with Crippen molar-refractivity contribution in [2.75, 3.05) is 6.54 Å². The predicted octanol–water partition coefficient (Wildman–Crippen LogP) is 3.67. The number of nitrogens with one attached hydrogen (secondary N) is 1. The second kappa shape index (κ2) is 7.86. The topological polar surface area (TPSA) is 35.8 Å². The molecule has 1 rings (SSSR count). The van der Waals surface area contributed by atoms with E-state index in [9.17, 15) is 0 Å². The summed E-state index contributed by atoms with van der Waals surface area (Å²) in [5, 5.41) is 12.3. The van der Waals surface area contributed by atoms with Crippen LogP contribution in [-0.2, 0) is 0 Å². The molecular weight excluding hydrogens is 208 g/mol. The maximum absolute atomic E-state index is 8.85. The Morgan fingerprint density at radius 1 is 1.24 bits per heavy atom. The lowest BCUT2D eigenvalue weighted by Gasteiger charge is -2.16. The SMILES string of the molecule is CC(C)CCCNC(CC#N)c1ccccc1. The minimum Gasteiger partial charge on any atom is -0.309 e. The first-order chi connectivity index (χ1) is 8.24. The maximum atomic E-state index is 8.85. The highest BCUT2D eigenvalue weighted by atomic mass is 14.9. The van der Waals surface area contributed by atoms with E-state index in [1.165, 1.54) is 18.4 Å². The average molecular weight is 230 g/mol. The molecule has 0 saturated carbocycles. The molecule has 0 spiro atoms. The first-order valence-electron chi connectivity index (χ1n) is 6.39. The van der Waals surface area contributed by atoms with Crippen molar-refractivity contribution in [2.24, 2.45) is 5.92 Å². The van der Waals surface area contributed by atoms with E-state index in [1.54, 1.807) is 0 Å². The van der Waals surface area contributed by atoms with Crippen molar-refractivity contribution in [3.05, 3.63) is 35.9 Å². The summed E-state index contributed by atoms with van der Waals surface area (Å²) in [4.78, 5) is 0. The first kappa shape index (κ1) is 13.7. The van der Waals surface area contributed by atoms with Gasteiger partial charge in [0.2, 0.25) is 0 Å². The zero-order valence-electron chi connectivity index (χ0n) is 10.8. The van der Waals surface area contributed by atoms with Crippen LogP contribution < -0.4 is 5.32 Å². The molecule has 1 unspecified atom stereocenters. The number of nitrogens with zero attached hydrogens (tertiary/aromatic N) is 1. The standard InChI is InChI=1S/C15H22N2/c1-13(2)7-6-12-17-15(10-11-16)14-8-4-3-5-9-14/h3-5,8-9,13,15,17H,6-7,10,12H2,1-2H3. The van der Waals surface area contributed by atoms with Gasteiger partial charge in [-0.3, -0.25) is 0 Å². The van der Waals surface area contributed by atoms with Crippen LogP contribution in [0.5, 0.6) is 0 Å². The van der Waals surface area contributed by atoms with E-state index in [1.807, 2.05) is 18.2 Å². The minimum atomic E-state index is 0.174. The molecule has 0 amide bonds. The van der Waals surface area contributed by atoms with E-state index >= 15 is 0 Å². The van der Waals surface area contributed by atoms with Gasteiger partial charge in [0, 0.05) is 6.04 Å². The minimum absolute atomic E-state index is 0.174. The number of nitriles is 1. The highest BCUT2D eigenvalue weighted by molar-refractivity contribution is 5.19. The van der Waals surface area contributed by atoms with Gasteiger partial charge in [0.25, 0.3) is 0 Å². The van der Waals surface area contributed by atoms with Gasteiger partial charge < -0.3 is 5.32 Å². The van der Waals surface area contributed by atoms with E-state index < -0.39 is 0 Å². The van der Waals surface area contributed by atoms with Crippen molar-refractivity contribution in [1.29, 1.82) is 5.26 Å². The molecule has 1 N–H and O–H groups in total. The van der Waals surface area contributed by atoms with Crippen molar-refractivity contribution < 1.29 is 0 Å². The molecule has 0 fully saturated rings. The quantitative estimate of drug-likeness (QED) is 0.725. The molecule has 0 aliphatic carbocycles. The molecule has 1 aromatic carbocycles. The molecule has 0 radical (unpaired) electrons. The molecule has 2 nitrogen and oxygen atoms in total. The zero-order valence-corrected chi connectivity index (χ0v) is 10.8. The van der Waals surface area contributed by atoms with Gasteiger partial charge in [-0.05, 0) is 30.9 Å². The fraction of sp³-hybridized carbons (Fsp3) is 0.533. The highest BCUT2D eigenvalue weighted by Gasteiger charge is 2.09. The van der Waals surface area contributed by atoms with Gasteiger partial charge in [0.15, 0.2) is 0 Å². The molecule has 17 heavy (non-hydrogen) atoms. The molecule has 0 aliphatic rings. The van der Waals surface area contributed by atoms with Crippen LogP contribution in [0.1, 0.15) is 44.7 Å². The number of hydrogen-bond donors (Lipinski definition) is 1. The lowest BCUT2D eigenvalue weighted by Crippen LogP contribution is -2.22. The fourth-order valence-electron chi connectivity index (χ4n) is 1.87. The third-order valence-corrected chi connectivity index (χ3v) is 2.85. The summed E-state index contributed by atoms with van der Waals surface area (Å²) in [6.07, 6.45) is 2.94. The normalized spacial score (nSPS) is 12.4. The summed E-state index contributed by atoms with van der Waals surface area (Å²) in [5.41, 5.74) is 1.21. The van der Waals surface area contributed by atoms with E-state index in [0.717, 1.165) is 12.5 Å². The molecule has 2 heteroatoms. The van der Waals surface area contributed by atoms with Crippen LogP contribution in [0.3, 0.4) is 0 Å². The Kier molecular flexibility index (Phi) is 6.35. The molecule has 92 valence electrons.